The standard InChI is InChI=1S/C15H22O4/c1-10-6-11(17-4)7-12(18-5)13(10)15(8-19-9-15)14(2,3)16/h6-7,16H,8-9H2,1-5H3. The van der Waals surface area contributed by atoms with Crippen molar-refractivity contribution in [3.63, 3.8) is 0 Å². The van der Waals surface area contributed by atoms with E-state index in [1.165, 1.54) is 0 Å². The Hall–Kier alpha value is -1.26. The third-order valence-electron chi connectivity index (χ3n) is 4.08. The third-order valence-corrected chi connectivity index (χ3v) is 4.08. The van der Waals surface area contributed by atoms with Gasteiger partial charge in [0.1, 0.15) is 11.5 Å². The van der Waals surface area contributed by atoms with E-state index in [-0.39, 0.29) is 0 Å². The van der Waals surface area contributed by atoms with E-state index >= 15 is 0 Å². The zero-order chi connectivity index (χ0) is 14.3. The van der Waals surface area contributed by atoms with Crippen molar-refractivity contribution in [3.05, 3.63) is 23.3 Å². The molecule has 0 spiro atoms. The van der Waals surface area contributed by atoms with Crippen molar-refractivity contribution in [3.8, 4) is 11.5 Å². The molecule has 0 aromatic heterocycles. The second-order valence-corrected chi connectivity index (χ2v) is 5.66. The number of methoxy groups -OCH3 is 2. The summed E-state index contributed by atoms with van der Waals surface area (Å²) in [6, 6.07) is 3.82. The molecule has 0 amide bonds. The summed E-state index contributed by atoms with van der Waals surface area (Å²) in [5.74, 6) is 1.49. The lowest BCUT2D eigenvalue weighted by atomic mass is 9.65. The lowest BCUT2D eigenvalue weighted by Crippen LogP contribution is -2.61. The number of rotatable bonds is 4. The minimum absolute atomic E-state index is 0.422. The van der Waals surface area contributed by atoms with Gasteiger partial charge in [-0.1, -0.05) is 0 Å². The molecule has 0 saturated carbocycles. The van der Waals surface area contributed by atoms with E-state index in [9.17, 15) is 5.11 Å². The number of hydrogen-bond donors (Lipinski definition) is 1. The Balaban J connectivity index is 2.61. The molecule has 1 N–H and O–H groups in total. The maximum Gasteiger partial charge on any atom is 0.126 e. The van der Waals surface area contributed by atoms with Crippen LogP contribution in [0.1, 0.15) is 25.0 Å². The highest BCUT2D eigenvalue weighted by Crippen LogP contribution is 2.48. The normalized spacial score (nSPS) is 17.8. The van der Waals surface area contributed by atoms with E-state index in [0.717, 1.165) is 22.6 Å². The highest BCUT2D eigenvalue weighted by molar-refractivity contribution is 5.52. The van der Waals surface area contributed by atoms with Gasteiger partial charge in [-0.25, -0.2) is 0 Å². The van der Waals surface area contributed by atoms with Crippen LogP contribution in [0, 0.1) is 6.92 Å². The highest BCUT2D eigenvalue weighted by Gasteiger charge is 2.53. The van der Waals surface area contributed by atoms with Crippen LogP contribution in [-0.2, 0) is 10.2 Å². The van der Waals surface area contributed by atoms with E-state index in [1.807, 2.05) is 32.9 Å². The maximum atomic E-state index is 10.5. The Kier molecular flexibility index (Phi) is 3.49. The quantitative estimate of drug-likeness (QED) is 0.906. The summed E-state index contributed by atoms with van der Waals surface area (Å²) in [6.07, 6.45) is 0. The van der Waals surface area contributed by atoms with E-state index in [4.69, 9.17) is 14.2 Å². The fourth-order valence-electron chi connectivity index (χ4n) is 2.72. The van der Waals surface area contributed by atoms with Gasteiger partial charge >= 0.3 is 0 Å². The molecule has 1 aliphatic rings. The zero-order valence-corrected chi connectivity index (χ0v) is 12.2. The summed E-state index contributed by atoms with van der Waals surface area (Å²) in [7, 11) is 3.27. The van der Waals surface area contributed by atoms with Crippen LogP contribution in [0.15, 0.2) is 12.1 Å². The Labute approximate surface area is 114 Å². The molecule has 1 saturated heterocycles. The van der Waals surface area contributed by atoms with Crippen LogP contribution in [0.25, 0.3) is 0 Å². The van der Waals surface area contributed by atoms with Gasteiger partial charge in [-0.2, -0.15) is 0 Å². The summed E-state index contributed by atoms with van der Waals surface area (Å²) in [5.41, 5.74) is 0.753. The van der Waals surface area contributed by atoms with Crippen molar-refractivity contribution in [2.45, 2.75) is 31.8 Å². The molecule has 1 fully saturated rings. The first-order chi connectivity index (χ1) is 8.85. The smallest absolute Gasteiger partial charge is 0.126 e. The second-order valence-electron chi connectivity index (χ2n) is 5.66. The first-order valence-electron chi connectivity index (χ1n) is 6.39. The molecule has 4 nitrogen and oxygen atoms in total. The van der Waals surface area contributed by atoms with E-state index in [1.54, 1.807) is 14.2 Å². The van der Waals surface area contributed by atoms with Crippen LogP contribution < -0.4 is 9.47 Å². The molecule has 1 aromatic carbocycles. The van der Waals surface area contributed by atoms with Crippen LogP contribution in [0.3, 0.4) is 0 Å². The Morgan fingerprint density at radius 1 is 1.21 bits per heavy atom. The Morgan fingerprint density at radius 2 is 1.84 bits per heavy atom. The van der Waals surface area contributed by atoms with Gasteiger partial charge in [0.05, 0.1) is 38.4 Å². The summed E-state index contributed by atoms with van der Waals surface area (Å²) in [6.45, 7) is 6.64. The number of aliphatic hydroxyl groups is 1. The number of hydrogen-bond acceptors (Lipinski definition) is 4. The van der Waals surface area contributed by atoms with Crippen molar-refractivity contribution in [2.24, 2.45) is 0 Å². The molecule has 1 aliphatic heterocycles. The van der Waals surface area contributed by atoms with Crippen molar-refractivity contribution in [1.29, 1.82) is 0 Å². The molecule has 0 bridgehead atoms. The molecule has 1 heterocycles. The molecule has 1 aromatic rings. The van der Waals surface area contributed by atoms with Crippen molar-refractivity contribution in [2.75, 3.05) is 27.4 Å². The van der Waals surface area contributed by atoms with Gasteiger partial charge < -0.3 is 19.3 Å². The van der Waals surface area contributed by atoms with E-state index in [2.05, 4.69) is 0 Å². The monoisotopic (exact) mass is 266 g/mol. The molecule has 0 atom stereocenters. The van der Waals surface area contributed by atoms with Crippen LogP contribution in [0.2, 0.25) is 0 Å². The lowest BCUT2D eigenvalue weighted by Gasteiger charge is -2.50. The van der Waals surface area contributed by atoms with Gasteiger partial charge in [-0.15, -0.1) is 0 Å². The maximum absolute atomic E-state index is 10.5. The topological polar surface area (TPSA) is 47.9 Å². The number of ether oxygens (including phenoxy) is 3. The minimum atomic E-state index is -0.877. The SMILES string of the molecule is COc1cc(C)c(C2(C(C)(C)O)COC2)c(OC)c1. The van der Waals surface area contributed by atoms with Crippen molar-refractivity contribution in [1.82, 2.24) is 0 Å². The van der Waals surface area contributed by atoms with Gasteiger partial charge in [-0.05, 0) is 32.4 Å². The molecule has 19 heavy (non-hydrogen) atoms. The molecule has 0 unspecified atom stereocenters. The molecule has 0 aliphatic carbocycles. The van der Waals surface area contributed by atoms with E-state index < -0.39 is 11.0 Å². The predicted molar refractivity (Wildman–Crippen MR) is 73.1 cm³/mol. The predicted octanol–water partition coefficient (Wildman–Crippen LogP) is 2.05. The Bertz CT molecular complexity index is 470. The molecular formula is C15H22O4. The molecule has 106 valence electrons. The fourth-order valence-corrected chi connectivity index (χ4v) is 2.72. The largest absolute Gasteiger partial charge is 0.497 e. The lowest BCUT2D eigenvalue weighted by molar-refractivity contribution is -0.158. The van der Waals surface area contributed by atoms with Crippen LogP contribution in [0.5, 0.6) is 11.5 Å². The molecule has 4 heteroatoms. The first kappa shape index (κ1) is 14.2. The summed E-state index contributed by atoms with van der Waals surface area (Å²) >= 11 is 0. The minimum Gasteiger partial charge on any atom is -0.497 e. The summed E-state index contributed by atoms with van der Waals surface area (Å²) in [4.78, 5) is 0. The van der Waals surface area contributed by atoms with Crippen LogP contribution in [0.4, 0.5) is 0 Å². The van der Waals surface area contributed by atoms with Gasteiger partial charge in [0.15, 0.2) is 0 Å². The molecule has 2 rings (SSSR count). The van der Waals surface area contributed by atoms with Crippen LogP contribution >= 0.6 is 0 Å². The zero-order valence-electron chi connectivity index (χ0n) is 12.2. The average Bonchev–Trinajstić information content (AvgIpc) is 2.27. The second kappa shape index (κ2) is 4.69. The van der Waals surface area contributed by atoms with Gasteiger partial charge in [0.25, 0.3) is 0 Å². The van der Waals surface area contributed by atoms with Gasteiger partial charge in [0, 0.05) is 11.6 Å². The van der Waals surface area contributed by atoms with Crippen molar-refractivity contribution < 1.29 is 19.3 Å². The summed E-state index contributed by atoms with van der Waals surface area (Å²) in [5, 5.41) is 10.5. The summed E-state index contributed by atoms with van der Waals surface area (Å²) < 4.78 is 16.2. The third kappa shape index (κ3) is 2.09. The Morgan fingerprint density at radius 3 is 2.21 bits per heavy atom. The average molecular weight is 266 g/mol. The van der Waals surface area contributed by atoms with Crippen LogP contribution in [-0.4, -0.2) is 38.1 Å². The highest BCUT2D eigenvalue weighted by atomic mass is 16.5. The van der Waals surface area contributed by atoms with Crippen molar-refractivity contribution >= 4 is 0 Å². The van der Waals surface area contributed by atoms with Gasteiger partial charge in [-0.3, -0.25) is 0 Å². The molecular weight excluding hydrogens is 244 g/mol. The number of aryl methyl sites for hydroxylation is 1. The number of benzene rings is 1. The fraction of sp³-hybridized carbons (Fsp3) is 0.600. The van der Waals surface area contributed by atoms with Gasteiger partial charge in [0.2, 0.25) is 0 Å². The first-order valence-corrected chi connectivity index (χ1v) is 6.39. The molecule has 0 radical (unpaired) electrons. The van der Waals surface area contributed by atoms with E-state index in [0.29, 0.717) is 13.2 Å².